The van der Waals surface area contributed by atoms with E-state index in [2.05, 4.69) is 76.0 Å². The molecule has 5 nitrogen and oxygen atoms in total. The van der Waals surface area contributed by atoms with Gasteiger partial charge in [0.2, 0.25) is 0 Å². The molecule has 0 aromatic heterocycles. The highest BCUT2D eigenvalue weighted by atomic mass is 16.3. The predicted octanol–water partition coefficient (Wildman–Crippen LogP) is 2.47. The summed E-state index contributed by atoms with van der Waals surface area (Å²) in [5.41, 5.74) is 5.24. The number of nitrogens with one attached hydrogen (secondary N) is 2. The minimum atomic E-state index is -0.437. The van der Waals surface area contributed by atoms with Crippen LogP contribution < -0.4 is 10.6 Å². The van der Waals surface area contributed by atoms with Crippen molar-refractivity contribution in [2.24, 2.45) is 4.99 Å². The van der Waals surface area contributed by atoms with Gasteiger partial charge in [-0.05, 0) is 37.0 Å². The van der Waals surface area contributed by atoms with E-state index in [1.54, 1.807) is 0 Å². The van der Waals surface area contributed by atoms with Gasteiger partial charge in [0.05, 0.1) is 12.6 Å². The topological polar surface area (TPSA) is 59.9 Å². The van der Waals surface area contributed by atoms with Gasteiger partial charge in [0.25, 0.3) is 0 Å². The maximum atomic E-state index is 10.5. The van der Waals surface area contributed by atoms with Crippen LogP contribution in [-0.2, 0) is 19.5 Å². The molecule has 0 radical (unpaired) electrons. The van der Waals surface area contributed by atoms with E-state index in [9.17, 15) is 5.11 Å². The molecule has 1 aliphatic heterocycles. The van der Waals surface area contributed by atoms with Crippen LogP contribution in [0.25, 0.3) is 0 Å². The molecule has 1 aliphatic rings. The first-order valence-electron chi connectivity index (χ1n) is 10.2. The van der Waals surface area contributed by atoms with Crippen molar-refractivity contribution in [3.8, 4) is 0 Å². The largest absolute Gasteiger partial charge is 0.390 e. The third kappa shape index (κ3) is 6.08. The Hall–Kier alpha value is -2.37. The Morgan fingerprint density at radius 2 is 1.86 bits per heavy atom. The zero-order valence-electron chi connectivity index (χ0n) is 17.0. The van der Waals surface area contributed by atoms with Gasteiger partial charge in [-0.2, -0.15) is 0 Å². The lowest BCUT2D eigenvalue weighted by molar-refractivity contribution is 0.108. The van der Waals surface area contributed by atoms with Crippen molar-refractivity contribution in [1.82, 2.24) is 15.5 Å². The Balaban J connectivity index is 1.47. The molecule has 0 fully saturated rings. The fraction of sp³-hybridized carbons (Fsp3) is 0.435. The Morgan fingerprint density at radius 1 is 1.11 bits per heavy atom. The molecule has 5 heteroatoms. The standard InChI is InChI=1S/C23H32N4O/c1-3-24-23(25-14-19-10-8-18(2)9-11-19)26-15-22(28)17-27-13-12-20-6-4-5-7-21(20)16-27/h4-11,22,28H,3,12-17H2,1-2H3,(H2,24,25,26). The molecule has 0 spiro atoms. The smallest absolute Gasteiger partial charge is 0.191 e. The lowest BCUT2D eigenvalue weighted by Gasteiger charge is -2.30. The summed E-state index contributed by atoms with van der Waals surface area (Å²) in [7, 11) is 0. The first kappa shape index (κ1) is 20.4. The van der Waals surface area contributed by atoms with E-state index in [1.165, 1.54) is 22.3 Å². The van der Waals surface area contributed by atoms with Crippen LogP contribution in [-0.4, -0.2) is 48.2 Å². The maximum absolute atomic E-state index is 10.5. The molecule has 3 N–H and O–H groups in total. The molecule has 28 heavy (non-hydrogen) atoms. The highest BCUT2D eigenvalue weighted by molar-refractivity contribution is 5.79. The van der Waals surface area contributed by atoms with Gasteiger partial charge in [-0.25, -0.2) is 4.99 Å². The molecule has 0 saturated carbocycles. The monoisotopic (exact) mass is 380 g/mol. The quantitative estimate of drug-likeness (QED) is 0.510. The van der Waals surface area contributed by atoms with E-state index >= 15 is 0 Å². The number of β-amino-alcohol motifs (C(OH)–C–C–N with tert-alkyl or cyclic N) is 1. The average Bonchev–Trinajstić information content (AvgIpc) is 2.71. The maximum Gasteiger partial charge on any atom is 0.191 e. The van der Waals surface area contributed by atoms with Gasteiger partial charge in [-0.3, -0.25) is 4.90 Å². The number of hydrogen-bond acceptors (Lipinski definition) is 3. The number of aliphatic hydroxyl groups excluding tert-OH is 1. The SMILES string of the molecule is CCNC(=NCc1ccc(C)cc1)NCC(O)CN1CCc2ccccc2C1. The molecule has 0 amide bonds. The van der Waals surface area contributed by atoms with Crippen molar-refractivity contribution in [3.63, 3.8) is 0 Å². The molecule has 1 atom stereocenters. The summed E-state index contributed by atoms with van der Waals surface area (Å²) in [6, 6.07) is 17.0. The number of aliphatic hydroxyl groups is 1. The number of aryl methyl sites for hydroxylation is 1. The average molecular weight is 381 g/mol. The summed E-state index contributed by atoms with van der Waals surface area (Å²) in [5, 5.41) is 17.0. The number of rotatable bonds is 7. The van der Waals surface area contributed by atoms with Crippen LogP contribution in [0.15, 0.2) is 53.5 Å². The number of benzene rings is 2. The number of guanidine groups is 1. The van der Waals surface area contributed by atoms with Crippen LogP contribution in [0.5, 0.6) is 0 Å². The van der Waals surface area contributed by atoms with E-state index in [4.69, 9.17) is 0 Å². The summed E-state index contributed by atoms with van der Waals surface area (Å²) in [4.78, 5) is 6.96. The summed E-state index contributed by atoms with van der Waals surface area (Å²) < 4.78 is 0. The number of aliphatic imine (C=N–C) groups is 1. The van der Waals surface area contributed by atoms with Crippen molar-refractivity contribution < 1.29 is 5.11 Å². The third-order valence-corrected chi connectivity index (χ3v) is 5.07. The van der Waals surface area contributed by atoms with Crippen molar-refractivity contribution in [1.29, 1.82) is 0 Å². The second kappa shape index (κ2) is 10.2. The number of hydrogen-bond donors (Lipinski definition) is 3. The molecule has 0 bridgehead atoms. The molecule has 0 saturated heterocycles. The van der Waals surface area contributed by atoms with Crippen molar-refractivity contribution in [2.45, 2.75) is 39.5 Å². The Kier molecular flexibility index (Phi) is 7.46. The second-order valence-corrected chi connectivity index (χ2v) is 7.47. The zero-order chi connectivity index (χ0) is 19.8. The van der Waals surface area contributed by atoms with E-state index in [0.717, 1.165) is 32.0 Å². The fourth-order valence-corrected chi connectivity index (χ4v) is 3.49. The van der Waals surface area contributed by atoms with Crippen LogP contribution in [0, 0.1) is 6.92 Å². The van der Waals surface area contributed by atoms with Crippen LogP contribution in [0.2, 0.25) is 0 Å². The number of fused-ring (bicyclic) bond motifs is 1. The van der Waals surface area contributed by atoms with Crippen LogP contribution in [0.4, 0.5) is 0 Å². The zero-order valence-corrected chi connectivity index (χ0v) is 17.0. The van der Waals surface area contributed by atoms with Crippen molar-refractivity contribution in [3.05, 3.63) is 70.8 Å². The van der Waals surface area contributed by atoms with Gasteiger partial charge in [-0.15, -0.1) is 0 Å². The Bertz CT molecular complexity index is 772. The molecular formula is C23H32N4O. The van der Waals surface area contributed by atoms with E-state index in [-0.39, 0.29) is 0 Å². The fourth-order valence-electron chi connectivity index (χ4n) is 3.49. The van der Waals surface area contributed by atoms with E-state index < -0.39 is 6.10 Å². The molecule has 1 unspecified atom stereocenters. The molecule has 1 heterocycles. The molecule has 3 rings (SSSR count). The normalized spacial score (nSPS) is 15.8. The molecule has 0 aliphatic carbocycles. The van der Waals surface area contributed by atoms with Gasteiger partial charge < -0.3 is 15.7 Å². The lowest BCUT2D eigenvalue weighted by atomic mass is 10.00. The van der Waals surface area contributed by atoms with Gasteiger partial charge >= 0.3 is 0 Å². The van der Waals surface area contributed by atoms with Crippen LogP contribution in [0.3, 0.4) is 0 Å². The Labute approximate surface area is 168 Å². The van der Waals surface area contributed by atoms with Crippen molar-refractivity contribution in [2.75, 3.05) is 26.2 Å². The minimum Gasteiger partial charge on any atom is -0.390 e. The van der Waals surface area contributed by atoms with Crippen LogP contribution >= 0.6 is 0 Å². The number of nitrogens with zero attached hydrogens (tertiary/aromatic N) is 2. The highest BCUT2D eigenvalue weighted by Gasteiger charge is 2.18. The van der Waals surface area contributed by atoms with Gasteiger partial charge in [-0.1, -0.05) is 54.1 Å². The van der Waals surface area contributed by atoms with E-state index in [1.807, 2.05) is 6.92 Å². The highest BCUT2D eigenvalue weighted by Crippen LogP contribution is 2.18. The van der Waals surface area contributed by atoms with Crippen molar-refractivity contribution >= 4 is 5.96 Å². The van der Waals surface area contributed by atoms with Gasteiger partial charge in [0, 0.05) is 32.7 Å². The molecule has 2 aromatic carbocycles. The van der Waals surface area contributed by atoms with Gasteiger partial charge in [0.15, 0.2) is 5.96 Å². The van der Waals surface area contributed by atoms with Gasteiger partial charge in [0.1, 0.15) is 0 Å². The second-order valence-electron chi connectivity index (χ2n) is 7.47. The first-order valence-corrected chi connectivity index (χ1v) is 10.2. The molecule has 2 aromatic rings. The molecular weight excluding hydrogens is 348 g/mol. The molecule has 150 valence electrons. The summed E-state index contributed by atoms with van der Waals surface area (Å²) in [6.45, 7) is 8.60. The summed E-state index contributed by atoms with van der Waals surface area (Å²) in [6.07, 6.45) is 0.616. The minimum absolute atomic E-state index is 0.437. The lowest BCUT2D eigenvalue weighted by Crippen LogP contribution is -2.45. The van der Waals surface area contributed by atoms with Crippen LogP contribution in [0.1, 0.15) is 29.2 Å². The summed E-state index contributed by atoms with van der Waals surface area (Å²) in [5.74, 6) is 0.742. The summed E-state index contributed by atoms with van der Waals surface area (Å²) >= 11 is 0. The first-order chi connectivity index (χ1) is 13.6. The predicted molar refractivity (Wildman–Crippen MR) is 115 cm³/mol. The third-order valence-electron chi connectivity index (χ3n) is 5.07. The Morgan fingerprint density at radius 3 is 2.61 bits per heavy atom. The van der Waals surface area contributed by atoms with E-state index in [0.29, 0.717) is 19.6 Å².